The summed E-state index contributed by atoms with van der Waals surface area (Å²) in [5, 5.41) is 3.58. The molecule has 2 aromatic rings. The van der Waals surface area contributed by atoms with Crippen LogP contribution in [0.4, 0.5) is 0 Å². The molecule has 0 saturated heterocycles. The molecule has 1 unspecified atom stereocenters. The molecule has 6 heteroatoms. The van der Waals surface area contributed by atoms with Gasteiger partial charge in [-0.3, -0.25) is 4.99 Å². The quantitative estimate of drug-likeness (QED) is 0.402. The number of hydrogen-bond donors (Lipinski definition) is 1. The van der Waals surface area contributed by atoms with E-state index < -0.39 is 0 Å². The van der Waals surface area contributed by atoms with Gasteiger partial charge in [0.1, 0.15) is 0 Å². The molecule has 0 fully saturated rings. The number of guanidine groups is 1. The molecular weight excluding hydrogens is 465 g/mol. The van der Waals surface area contributed by atoms with Crippen molar-refractivity contribution in [2.45, 2.75) is 25.3 Å². The molecule has 0 bridgehead atoms. The van der Waals surface area contributed by atoms with Gasteiger partial charge in [0.2, 0.25) is 0 Å². The van der Waals surface area contributed by atoms with E-state index in [0.717, 1.165) is 49.9 Å². The minimum atomic E-state index is 0. The molecule has 4 rings (SSSR count). The van der Waals surface area contributed by atoms with Gasteiger partial charge in [-0.1, -0.05) is 24.3 Å². The average molecular weight is 493 g/mol. The van der Waals surface area contributed by atoms with E-state index in [1.165, 1.54) is 22.3 Å². The van der Waals surface area contributed by atoms with Crippen LogP contribution in [0.2, 0.25) is 0 Å². The van der Waals surface area contributed by atoms with Crippen molar-refractivity contribution in [1.82, 2.24) is 10.2 Å². The molecule has 28 heavy (non-hydrogen) atoms. The molecule has 0 amide bonds. The van der Waals surface area contributed by atoms with Crippen molar-refractivity contribution in [3.05, 3.63) is 58.7 Å². The third kappa shape index (κ3) is 3.92. The SMILES string of the molecule is CN=C(NCC1Cc2ccccc21)N1CCc2cc(OC)c(OC)cc2C1.I. The minimum absolute atomic E-state index is 0. The lowest BCUT2D eigenvalue weighted by atomic mass is 9.78. The second kappa shape index (κ2) is 9.03. The van der Waals surface area contributed by atoms with Gasteiger partial charge in [-0.2, -0.15) is 0 Å². The number of methoxy groups -OCH3 is 2. The van der Waals surface area contributed by atoms with Gasteiger partial charge in [0, 0.05) is 32.6 Å². The zero-order valence-electron chi connectivity index (χ0n) is 16.7. The highest BCUT2D eigenvalue weighted by atomic mass is 127. The van der Waals surface area contributed by atoms with E-state index in [9.17, 15) is 0 Å². The smallest absolute Gasteiger partial charge is 0.193 e. The molecular formula is C22H28IN3O2. The molecule has 1 atom stereocenters. The highest BCUT2D eigenvalue weighted by molar-refractivity contribution is 14.0. The fourth-order valence-corrected chi connectivity index (χ4v) is 4.16. The average Bonchev–Trinajstić information content (AvgIpc) is 2.70. The Kier molecular flexibility index (Phi) is 6.69. The molecule has 0 saturated carbocycles. The van der Waals surface area contributed by atoms with Gasteiger partial charge in [0.05, 0.1) is 14.2 Å². The topological polar surface area (TPSA) is 46.1 Å². The number of ether oxygens (including phenoxy) is 2. The van der Waals surface area contributed by atoms with Crippen molar-refractivity contribution < 1.29 is 9.47 Å². The maximum absolute atomic E-state index is 5.47. The molecule has 0 spiro atoms. The minimum Gasteiger partial charge on any atom is -0.493 e. The number of nitrogens with one attached hydrogen (secondary N) is 1. The molecule has 1 N–H and O–H groups in total. The molecule has 2 aromatic carbocycles. The predicted octanol–water partition coefficient (Wildman–Crippen LogP) is 3.60. The van der Waals surface area contributed by atoms with Gasteiger partial charge in [-0.25, -0.2) is 0 Å². The van der Waals surface area contributed by atoms with E-state index in [1.807, 2.05) is 7.05 Å². The van der Waals surface area contributed by atoms with E-state index in [2.05, 4.69) is 51.6 Å². The van der Waals surface area contributed by atoms with Crippen molar-refractivity contribution in [1.29, 1.82) is 0 Å². The molecule has 2 aliphatic rings. The fourth-order valence-electron chi connectivity index (χ4n) is 4.16. The summed E-state index contributed by atoms with van der Waals surface area (Å²) in [5.41, 5.74) is 5.55. The van der Waals surface area contributed by atoms with Gasteiger partial charge in [-0.15, -0.1) is 24.0 Å². The molecule has 1 heterocycles. The maximum Gasteiger partial charge on any atom is 0.193 e. The van der Waals surface area contributed by atoms with E-state index >= 15 is 0 Å². The first-order valence-corrected chi connectivity index (χ1v) is 9.50. The zero-order valence-corrected chi connectivity index (χ0v) is 19.0. The summed E-state index contributed by atoms with van der Waals surface area (Å²) in [7, 11) is 5.23. The number of halogens is 1. The van der Waals surface area contributed by atoms with Crippen molar-refractivity contribution >= 4 is 29.9 Å². The van der Waals surface area contributed by atoms with Crippen LogP contribution in [0.25, 0.3) is 0 Å². The fraction of sp³-hybridized carbons (Fsp3) is 0.409. The first-order chi connectivity index (χ1) is 13.2. The number of fused-ring (bicyclic) bond motifs is 2. The van der Waals surface area contributed by atoms with E-state index in [4.69, 9.17) is 9.47 Å². The molecule has 150 valence electrons. The van der Waals surface area contributed by atoms with Crippen LogP contribution in [0, 0.1) is 0 Å². The Morgan fingerprint density at radius 1 is 1.11 bits per heavy atom. The van der Waals surface area contributed by atoms with Gasteiger partial charge in [0.15, 0.2) is 17.5 Å². The summed E-state index contributed by atoms with van der Waals surface area (Å²) >= 11 is 0. The van der Waals surface area contributed by atoms with E-state index in [1.54, 1.807) is 14.2 Å². The number of aliphatic imine (C=N–C) groups is 1. The van der Waals surface area contributed by atoms with Crippen LogP contribution >= 0.6 is 24.0 Å². The van der Waals surface area contributed by atoms with Crippen molar-refractivity contribution in [3.63, 3.8) is 0 Å². The van der Waals surface area contributed by atoms with Crippen LogP contribution in [0.5, 0.6) is 11.5 Å². The van der Waals surface area contributed by atoms with E-state index in [0.29, 0.717) is 5.92 Å². The van der Waals surface area contributed by atoms with Gasteiger partial charge < -0.3 is 19.7 Å². The lowest BCUT2D eigenvalue weighted by molar-refractivity contribution is 0.345. The first-order valence-electron chi connectivity index (χ1n) is 9.50. The molecule has 1 aliphatic heterocycles. The monoisotopic (exact) mass is 493 g/mol. The Balaban J connectivity index is 0.00000225. The molecule has 0 radical (unpaired) electrons. The third-order valence-corrected chi connectivity index (χ3v) is 5.70. The highest BCUT2D eigenvalue weighted by Crippen LogP contribution is 2.35. The summed E-state index contributed by atoms with van der Waals surface area (Å²) in [6, 6.07) is 12.9. The standard InChI is InChI=1S/C22H27N3O2.HI/c1-23-22(24-13-17-10-16-6-4-5-7-19(16)17)25-9-8-15-11-20(26-2)21(27-3)12-18(15)14-25;/h4-7,11-12,17H,8-10,13-14H2,1-3H3,(H,23,24);1H. The van der Waals surface area contributed by atoms with Crippen LogP contribution in [0.15, 0.2) is 41.4 Å². The molecule has 0 aromatic heterocycles. The van der Waals surface area contributed by atoms with Crippen molar-refractivity contribution in [2.24, 2.45) is 4.99 Å². The molecule has 1 aliphatic carbocycles. The summed E-state index contributed by atoms with van der Waals surface area (Å²) in [5.74, 6) is 3.14. The Morgan fingerprint density at radius 3 is 2.50 bits per heavy atom. The van der Waals surface area contributed by atoms with E-state index in [-0.39, 0.29) is 24.0 Å². The third-order valence-electron chi connectivity index (χ3n) is 5.70. The number of rotatable bonds is 4. The van der Waals surface area contributed by atoms with Crippen molar-refractivity contribution in [3.8, 4) is 11.5 Å². The normalized spacial score (nSPS) is 17.6. The zero-order chi connectivity index (χ0) is 18.8. The summed E-state index contributed by atoms with van der Waals surface area (Å²) < 4.78 is 10.9. The van der Waals surface area contributed by atoms with Gasteiger partial charge in [0.25, 0.3) is 0 Å². The predicted molar refractivity (Wildman–Crippen MR) is 123 cm³/mol. The number of benzene rings is 2. The Morgan fingerprint density at radius 2 is 1.82 bits per heavy atom. The Bertz CT molecular complexity index is 869. The summed E-state index contributed by atoms with van der Waals surface area (Å²) in [6.45, 7) is 2.71. The van der Waals surface area contributed by atoms with Gasteiger partial charge in [-0.05, 0) is 47.2 Å². The highest BCUT2D eigenvalue weighted by Gasteiger charge is 2.27. The number of nitrogens with zero attached hydrogens (tertiary/aromatic N) is 2. The number of hydrogen-bond acceptors (Lipinski definition) is 3. The first kappa shape index (κ1) is 20.8. The summed E-state index contributed by atoms with van der Waals surface area (Å²) in [4.78, 5) is 6.84. The Labute approximate surface area is 184 Å². The van der Waals surface area contributed by atoms with Gasteiger partial charge >= 0.3 is 0 Å². The largest absolute Gasteiger partial charge is 0.493 e. The van der Waals surface area contributed by atoms with Crippen LogP contribution < -0.4 is 14.8 Å². The Hall–Kier alpha value is -1.96. The second-order valence-electron chi connectivity index (χ2n) is 7.18. The van der Waals surface area contributed by atoms with Crippen LogP contribution in [-0.2, 0) is 19.4 Å². The second-order valence-corrected chi connectivity index (χ2v) is 7.18. The summed E-state index contributed by atoms with van der Waals surface area (Å²) in [6.07, 6.45) is 2.13. The lowest BCUT2D eigenvalue weighted by Gasteiger charge is -2.35. The molecule has 5 nitrogen and oxygen atoms in total. The van der Waals surface area contributed by atoms with Crippen LogP contribution in [0.1, 0.15) is 28.2 Å². The van der Waals surface area contributed by atoms with Crippen LogP contribution in [0.3, 0.4) is 0 Å². The lowest BCUT2D eigenvalue weighted by Crippen LogP contribution is -2.46. The maximum atomic E-state index is 5.47. The van der Waals surface area contributed by atoms with Crippen LogP contribution in [-0.4, -0.2) is 45.2 Å². The van der Waals surface area contributed by atoms with Crippen molar-refractivity contribution in [2.75, 3.05) is 34.4 Å².